The zero-order valence-corrected chi connectivity index (χ0v) is 10.2. The van der Waals surface area contributed by atoms with Gasteiger partial charge in [0, 0.05) is 18.0 Å². The molecule has 0 saturated carbocycles. The standard InChI is InChI=1S/C13H13N3O2/c1-9-8-10(4-5-11(9)18-2)12(17)16-13-14-6-3-7-15-13/h3-8H,1-2H3,(H,14,15,16,17). The lowest BCUT2D eigenvalue weighted by atomic mass is 10.1. The van der Waals surface area contributed by atoms with Crippen molar-refractivity contribution in [3.8, 4) is 5.75 Å². The molecule has 2 rings (SSSR count). The molecule has 0 fully saturated rings. The van der Waals surface area contributed by atoms with Crippen molar-refractivity contribution in [1.82, 2.24) is 9.97 Å². The highest BCUT2D eigenvalue weighted by Gasteiger charge is 2.09. The first-order valence-electron chi connectivity index (χ1n) is 5.43. The number of aromatic nitrogens is 2. The van der Waals surface area contributed by atoms with Crippen LogP contribution in [0.5, 0.6) is 5.75 Å². The Morgan fingerprint density at radius 2 is 2.00 bits per heavy atom. The van der Waals surface area contributed by atoms with Crippen LogP contribution in [0.25, 0.3) is 0 Å². The molecule has 0 bridgehead atoms. The highest BCUT2D eigenvalue weighted by molar-refractivity contribution is 6.03. The summed E-state index contributed by atoms with van der Waals surface area (Å²) in [5.41, 5.74) is 1.44. The number of aryl methyl sites for hydroxylation is 1. The molecule has 5 nitrogen and oxygen atoms in total. The first-order chi connectivity index (χ1) is 8.70. The van der Waals surface area contributed by atoms with Gasteiger partial charge in [0.1, 0.15) is 5.75 Å². The molecule has 0 spiro atoms. The summed E-state index contributed by atoms with van der Waals surface area (Å²) in [4.78, 5) is 19.8. The molecule has 18 heavy (non-hydrogen) atoms. The minimum absolute atomic E-state index is 0.244. The fourth-order valence-corrected chi connectivity index (χ4v) is 1.56. The number of amides is 1. The second kappa shape index (κ2) is 5.27. The van der Waals surface area contributed by atoms with Gasteiger partial charge >= 0.3 is 0 Å². The van der Waals surface area contributed by atoms with E-state index in [4.69, 9.17) is 4.74 Å². The molecule has 0 atom stereocenters. The molecule has 0 aliphatic rings. The fraction of sp³-hybridized carbons (Fsp3) is 0.154. The van der Waals surface area contributed by atoms with Crippen LogP contribution in [0.1, 0.15) is 15.9 Å². The van der Waals surface area contributed by atoms with Crippen LogP contribution in [0.4, 0.5) is 5.95 Å². The Morgan fingerprint density at radius 1 is 1.28 bits per heavy atom. The van der Waals surface area contributed by atoms with Crippen LogP contribution >= 0.6 is 0 Å². The van der Waals surface area contributed by atoms with Crippen molar-refractivity contribution < 1.29 is 9.53 Å². The van der Waals surface area contributed by atoms with Crippen molar-refractivity contribution in [2.75, 3.05) is 12.4 Å². The number of nitrogens with one attached hydrogen (secondary N) is 1. The minimum atomic E-state index is -0.244. The van der Waals surface area contributed by atoms with Crippen LogP contribution in [-0.2, 0) is 0 Å². The van der Waals surface area contributed by atoms with Crippen molar-refractivity contribution in [3.05, 3.63) is 47.8 Å². The quantitative estimate of drug-likeness (QED) is 0.896. The summed E-state index contributed by atoms with van der Waals surface area (Å²) in [5.74, 6) is 0.797. The number of carbonyl (C=O) groups excluding carboxylic acids is 1. The molecule has 0 saturated heterocycles. The molecular formula is C13H13N3O2. The van der Waals surface area contributed by atoms with Gasteiger partial charge in [0.2, 0.25) is 5.95 Å². The van der Waals surface area contributed by atoms with E-state index >= 15 is 0 Å². The predicted molar refractivity (Wildman–Crippen MR) is 67.7 cm³/mol. The number of anilines is 1. The normalized spacial score (nSPS) is 9.89. The SMILES string of the molecule is COc1ccc(C(=O)Nc2ncccn2)cc1C. The van der Waals surface area contributed by atoms with E-state index in [-0.39, 0.29) is 11.9 Å². The largest absolute Gasteiger partial charge is 0.496 e. The van der Waals surface area contributed by atoms with Crippen LogP contribution < -0.4 is 10.1 Å². The topological polar surface area (TPSA) is 64.1 Å². The third-order valence-corrected chi connectivity index (χ3v) is 2.45. The minimum Gasteiger partial charge on any atom is -0.496 e. The lowest BCUT2D eigenvalue weighted by Crippen LogP contribution is -2.14. The van der Waals surface area contributed by atoms with Crippen molar-refractivity contribution >= 4 is 11.9 Å². The average molecular weight is 243 g/mol. The van der Waals surface area contributed by atoms with Crippen LogP contribution in [0, 0.1) is 6.92 Å². The third kappa shape index (κ3) is 2.63. The van der Waals surface area contributed by atoms with Gasteiger partial charge in [0.25, 0.3) is 5.91 Å². The number of carbonyl (C=O) groups is 1. The van der Waals surface area contributed by atoms with Gasteiger partial charge in [-0.1, -0.05) is 0 Å². The smallest absolute Gasteiger partial charge is 0.258 e. The monoisotopic (exact) mass is 243 g/mol. The Bertz CT molecular complexity index is 555. The number of methoxy groups -OCH3 is 1. The molecule has 5 heteroatoms. The fourth-order valence-electron chi connectivity index (χ4n) is 1.56. The van der Waals surface area contributed by atoms with Crippen molar-refractivity contribution in [2.24, 2.45) is 0 Å². The van der Waals surface area contributed by atoms with Crippen LogP contribution in [-0.4, -0.2) is 23.0 Å². The van der Waals surface area contributed by atoms with Crippen LogP contribution in [0.3, 0.4) is 0 Å². The Morgan fingerprint density at radius 3 is 2.61 bits per heavy atom. The number of hydrogen-bond donors (Lipinski definition) is 1. The Balaban J connectivity index is 2.17. The molecule has 1 N–H and O–H groups in total. The predicted octanol–water partition coefficient (Wildman–Crippen LogP) is 2.05. The lowest BCUT2D eigenvalue weighted by Gasteiger charge is -2.07. The molecule has 0 aliphatic heterocycles. The second-order valence-corrected chi connectivity index (χ2v) is 3.71. The summed E-state index contributed by atoms with van der Waals surface area (Å²) in [5, 5.41) is 2.62. The highest BCUT2D eigenvalue weighted by atomic mass is 16.5. The van der Waals surface area contributed by atoms with E-state index in [2.05, 4.69) is 15.3 Å². The number of benzene rings is 1. The van der Waals surface area contributed by atoms with Gasteiger partial charge in [-0.25, -0.2) is 9.97 Å². The molecule has 92 valence electrons. The summed E-state index contributed by atoms with van der Waals surface area (Å²) in [6, 6.07) is 6.91. The van der Waals surface area contributed by atoms with Gasteiger partial charge in [-0.05, 0) is 36.8 Å². The maximum Gasteiger partial charge on any atom is 0.258 e. The average Bonchev–Trinajstić information content (AvgIpc) is 2.39. The van der Waals surface area contributed by atoms with Crippen molar-refractivity contribution in [1.29, 1.82) is 0 Å². The Labute approximate surface area is 105 Å². The maximum atomic E-state index is 11.9. The van der Waals surface area contributed by atoms with Crippen LogP contribution in [0.2, 0.25) is 0 Å². The zero-order valence-electron chi connectivity index (χ0n) is 10.2. The van der Waals surface area contributed by atoms with Gasteiger partial charge in [-0.2, -0.15) is 0 Å². The maximum absolute atomic E-state index is 11.9. The van der Waals surface area contributed by atoms with Gasteiger partial charge in [0.15, 0.2) is 0 Å². The first-order valence-corrected chi connectivity index (χ1v) is 5.43. The van der Waals surface area contributed by atoms with E-state index in [9.17, 15) is 4.79 Å². The Kier molecular flexibility index (Phi) is 3.52. The summed E-state index contributed by atoms with van der Waals surface area (Å²) in [7, 11) is 1.60. The van der Waals surface area contributed by atoms with Crippen molar-refractivity contribution in [2.45, 2.75) is 6.92 Å². The van der Waals surface area contributed by atoms with E-state index < -0.39 is 0 Å². The molecule has 1 amide bonds. The van der Waals surface area contributed by atoms with E-state index in [1.165, 1.54) is 0 Å². The van der Waals surface area contributed by atoms with Crippen molar-refractivity contribution in [3.63, 3.8) is 0 Å². The number of ether oxygens (including phenoxy) is 1. The van der Waals surface area contributed by atoms with E-state index in [1.807, 2.05) is 6.92 Å². The van der Waals surface area contributed by atoms with E-state index in [0.717, 1.165) is 11.3 Å². The summed E-state index contributed by atoms with van der Waals surface area (Å²) in [6.45, 7) is 1.88. The van der Waals surface area contributed by atoms with Gasteiger partial charge in [-0.3, -0.25) is 10.1 Å². The zero-order chi connectivity index (χ0) is 13.0. The summed E-state index contributed by atoms with van der Waals surface area (Å²) >= 11 is 0. The first kappa shape index (κ1) is 12.0. The van der Waals surface area contributed by atoms with E-state index in [0.29, 0.717) is 5.56 Å². The Hall–Kier alpha value is -2.43. The lowest BCUT2D eigenvalue weighted by molar-refractivity contribution is 0.102. The van der Waals surface area contributed by atoms with Crippen LogP contribution in [0.15, 0.2) is 36.7 Å². The van der Waals surface area contributed by atoms with E-state index in [1.54, 1.807) is 43.8 Å². The summed E-state index contributed by atoms with van der Waals surface area (Å²) < 4.78 is 5.14. The number of nitrogens with zero attached hydrogens (tertiary/aromatic N) is 2. The number of hydrogen-bond acceptors (Lipinski definition) is 4. The highest BCUT2D eigenvalue weighted by Crippen LogP contribution is 2.18. The molecule has 0 aliphatic carbocycles. The molecule has 1 aromatic heterocycles. The molecule has 0 radical (unpaired) electrons. The summed E-state index contributed by atoms with van der Waals surface area (Å²) in [6.07, 6.45) is 3.14. The molecular weight excluding hydrogens is 230 g/mol. The van der Waals surface area contributed by atoms with Gasteiger partial charge in [0.05, 0.1) is 7.11 Å². The number of rotatable bonds is 3. The molecule has 0 unspecified atom stereocenters. The molecule has 1 aromatic carbocycles. The molecule has 1 heterocycles. The molecule has 2 aromatic rings. The van der Waals surface area contributed by atoms with Gasteiger partial charge in [-0.15, -0.1) is 0 Å². The van der Waals surface area contributed by atoms with Gasteiger partial charge < -0.3 is 4.74 Å². The third-order valence-electron chi connectivity index (χ3n) is 2.45. The second-order valence-electron chi connectivity index (χ2n) is 3.71.